The zero-order valence-electron chi connectivity index (χ0n) is 19.0. The van der Waals surface area contributed by atoms with Gasteiger partial charge in [0.1, 0.15) is 0 Å². The minimum atomic E-state index is -0.863. The van der Waals surface area contributed by atoms with E-state index in [1.165, 1.54) is 29.4 Å². The van der Waals surface area contributed by atoms with Crippen LogP contribution in [0.5, 0.6) is 11.8 Å². The van der Waals surface area contributed by atoms with E-state index in [4.69, 9.17) is 4.74 Å². The molecule has 2 heterocycles. The smallest absolute Gasteiger partial charge is 0.318 e. The molecule has 0 bridgehead atoms. The van der Waals surface area contributed by atoms with Crippen molar-refractivity contribution < 1.29 is 14.6 Å². The van der Waals surface area contributed by atoms with Gasteiger partial charge in [-0.25, -0.2) is 0 Å². The minimum absolute atomic E-state index is 0.0359. The molecule has 0 unspecified atom stereocenters. The third-order valence-corrected chi connectivity index (χ3v) is 6.88. The molecule has 0 radical (unpaired) electrons. The van der Waals surface area contributed by atoms with Crippen LogP contribution in [-0.4, -0.2) is 45.2 Å². The average Bonchev–Trinajstić information content (AvgIpc) is 2.98. The van der Waals surface area contributed by atoms with E-state index in [0.29, 0.717) is 6.54 Å². The molecule has 0 saturated carbocycles. The van der Waals surface area contributed by atoms with Crippen LogP contribution in [-0.2, 0) is 12.8 Å². The first-order chi connectivity index (χ1) is 15.9. The lowest BCUT2D eigenvalue weighted by molar-refractivity contribution is 0.0572. The van der Waals surface area contributed by atoms with Crippen molar-refractivity contribution in [1.82, 2.24) is 14.5 Å². The molecule has 2 aromatic carbocycles. The van der Waals surface area contributed by atoms with E-state index in [0.717, 1.165) is 12.8 Å². The van der Waals surface area contributed by atoms with E-state index >= 15 is 0 Å². The number of carbonyl (C=O) groups is 1. The van der Waals surface area contributed by atoms with Gasteiger partial charge in [0.15, 0.2) is 5.69 Å². The summed E-state index contributed by atoms with van der Waals surface area (Å²) in [6, 6.07) is 16.4. The van der Waals surface area contributed by atoms with Crippen LogP contribution in [0, 0.1) is 0 Å². The Hall–Kier alpha value is -3.61. The Bertz CT molecular complexity index is 1250. The van der Waals surface area contributed by atoms with Gasteiger partial charge in [0.25, 0.3) is 5.91 Å². The molecule has 3 aromatic rings. The van der Waals surface area contributed by atoms with E-state index in [2.05, 4.69) is 41.4 Å². The van der Waals surface area contributed by atoms with Gasteiger partial charge < -0.3 is 14.7 Å². The highest BCUT2D eigenvalue weighted by Crippen LogP contribution is 2.45. The number of carbonyl (C=O) groups excluding carboxylic acids is 1. The molecule has 1 atom stereocenters. The van der Waals surface area contributed by atoms with E-state index in [9.17, 15) is 14.7 Å². The Morgan fingerprint density at radius 2 is 1.58 bits per heavy atom. The lowest BCUT2D eigenvalue weighted by atomic mass is 9.81. The highest BCUT2D eigenvalue weighted by molar-refractivity contribution is 5.96. The molecule has 0 fully saturated rings. The van der Waals surface area contributed by atoms with Gasteiger partial charge in [0.2, 0.25) is 5.75 Å². The molecule has 33 heavy (non-hydrogen) atoms. The van der Waals surface area contributed by atoms with Gasteiger partial charge in [-0.15, -0.1) is 0 Å². The molecule has 170 valence electrons. The predicted octanol–water partition coefficient (Wildman–Crippen LogP) is 3.29. The highest BCUT2D eigenvalue weighted by Gasteiger charge is 2.43. The van der Waals surface area contributed by atoms with E-state index in [-0.39, 0.29) is 29.7 Å². The number of methoxy groups -OCH3 is 1. The van der Waals surface area contributed by atoms with Crippen molar-refractivity contribution in [2.45, 2.75) is 44.7 Å². The second-order valence-electron chi connectivity index (χ2n) is 8.96. The average molecular weight is 446 g/mol. The molecule has 0 saturated heterocycles. The molecule has 1 aliphatic heterocycles. The molecular formula is C26H27N3O4. The molecule has 1 aliphatic carbocycles. The fraction of sp³-hybridized carbons (Fsp3) is 0.346. The lowest BCUT2D eigenvalue weighted by Gasteiger charge is -2.42. The first kappa shape index (κ1) is 21.2. The van der Waals surface area contributed by atoms with Crippen LogP contribution in [0.3, 0.4) is 0 Å². The van der Waals surface area contributed by atoms with Gasteiger partial charge in [0.05, 0.1) is 13.2 Å². The zero-order chi connectivity index (χ0) is 23.3. The fourth-order valence-electron chi connectivity index (χ4n) is 5.34. The van der Waals surface area contributed by atoms with Gasteiger partial charge >= 0.3 is 11.6 Å². The maximum atomic E-state index is 13.4. The van der Waals surface area contributed by atoms with E-state index in [1.54, 1.807) is 9.47 Å². The molecular weight excluding hydrogens is 418 g/mol. The number of aryl methyl sites for hydroxylation is 2. The van der Waals surface area contributed by atoms with Crippen LogP contribution in [0.15, 0.2) is 53.3 Å². The van der Waals surface area contributed by atoms with E-state index < -0.39 is 17.2 Å². The predicted molar refractivity (Wildman–Crippen MR) is 124 cm³/mol. The number of amides is 1. The maximum Gasteiger partial charge on any atom is 0.318 e. The second-order valence-corrected chi connectivity index (χ2v) is 8.96. The SMILES string of the molecule is COc1nc(=O)c(O)c2n1[C@@H](C1c3ccccc3CCc3ccccc31)CN(C(C)C)C2=O. The Labute approximate surface area is 192 Å². The maximum absolute atomic E-state index is 13.4. The number of benzene rings is 2. The van der Waals surface area contributed by atoms with Crippen LogP contribution in [0.1, 0.15) is 58.5 Å². The Balaban J connectivity index is 1.84. The number of hydrogen-bond acceptors (Lipinski definition) is 5. The molecule has 1 aromatic heterocycles. The monoisotopic (exact) mass is 445 g/mol. The number of aromatic nitrogens is 2. The third-order valence-electron chi connectivity index (χ3n) is 6.88. The summed E-state index contributed by atoms with van der Waals surface area (Å²) in [5.41, 5.74) is 3.94. The number of rotatable bonds is 3. The van der Waals surface area contributed by atoms with Crippen LogP contribution >= 0.6 is 0 Å². The molecule has 1 amide bonds. The van der Waals surface area contributed by atoms with Crippen molar-refractivity contribution in [3.63, 3.8) is 0 Å². The van der Waals surface area contributed by atoms with Crippen LogP contribution in [0.2, 0.25) is 0 Å². The molecule has 7 heteroatoms. The summed E-state index contributed by atoms with van der Waals surface area (Å²) in [5.74, 6) is -1.15. The number of nitrogens with zero attached hydrogens (tertiary/aromatic N) is 3. The topological polar surface area (TPSA) is 84.7 Å². The van der Waals surface area contributed by atoms with Gasteiger partial charge in [0, 0.05) is 18.5 Å². The summed E-state index contributed by atoms with van der Waals surface area (Å²) in [4.78, 5) is 31.5. The summed E-state index contributed by atoms with van der Waals surface area (Å²) < 4.78 is 7.13. The zero-order valence-corrected chi connectivity index (χ0v) is 19.0. The molecule has 7 nitrogen and oxygen atoms in total. The van der Waals surface area contributed by atoms with Gasteiger partial charge in [-0.3, -0.25) is 14.2 Å². The number of hydrogen-bond donors (Lipinski definition) is 1. The van der Waals surface area contributed by atoms with Gasteiger partial charge in [-0.05, 0) is 48.9 Å². The molecule has 1 N–H and O–H groups in total. The fourth-order valence-corrected chi connectivity index (χ4v) is 5.34. The molecule has 2 aliphatic rings. The van der Waals surface area contributed by atoms with Crippen molar-refractivity contribution in [3.8, 4) is 11.8 Å². The third kappa shape index (κ3) is 3.30. The van der Waals surface area contributed by atoms with Crippen molar-refractivity contribution in [1.29, 1.82) is 0 Å². The quantitative estimate of drug-likeness (QED) is 0.669. The summed E-state index contributed by atoms with van der Waals surface area (Å²) in [7, 11) is 1.43. The largest absolute Gasteiger partial charge is 0.501 e. The Morgan fingerprint density at radius 1 is 1.00 bits per heavy atom. The van der Waals surface area contributed by atoms with Crippen LogP contribution in [0.25, 0.3) is 0 Å². The first-order valence-corrected chi connectivity index (χ1v) is 11.3. The number of aromatic hydroxyl groups is 1. The van der Waals surface area contributed by atoms with Crippen LogP contribution < -0.4 is 10.3 Å². The number of ether oxygens (including phenoxy) is 1. The van der Waals surface area contributed by atoms with Gasteiger partial charge in [-0.2, -0.15) is 4.98 Å². The second kappa shape index (κ2) is 8.06. The minimum Gasteiger partial charge on any atom is -0.501 e. The molecule has 5 rings (SSSR count). The molecule has 0 spiro atoms. The Kier molecular flexibility index (Phi) is 5.19. The van der Waals surface area contributed by atoms with Gasteiger partial charge in [-0.1, -0.05) is 48.5 Å². The summed E-state index contributed by atoms with van der Waals surface area (Å²) >= 11 is 0. The van der Waals surface area contributed by atoms with E-state index in [1.807, 2.05) is 26.0 Å². The van der Waals surface area contributed by atoms with Crippen molar-refractivity contribution in [2.75, 3.05) is 13.7 Å². The number of fused-ring (bicyclic) bond motifs is 3. The Morgan fingerprint density at radius 3 is 2.12 bits per heavy atom. The first-order valence-electron chi connectivity index (χ1n) is 11.3. The summed E-state index contributed by atoms with van der Waals surface area (Å²) in [6.07, 6.45) is 1.84. The van der Waals surface area contributed by atoms with Crippen molar-refractivity contribution in [3.05, 3.63) is 86.8 Å². The summed E-state index contributed by atoms with van der Waals surface area (Å²) in [5, 5.41) is 10.7. The highest BCUT2D eigenvalue weighted by atomic mass is 16.5. The van der Waals surface area contributed by atoms with Crippen molar-refractivity contribution in [2.24, 2.45) is 0 Å². The lowest BCUT2D eigenvalue weighted by Crippen LogP contribution is -2.49. The summed E-state index contributed by atoms with van der Waals surface area (Å²) in [6.45, 7) is 4.28. The standard InChI is InChI=1S/C26H27N3O4/c1-15(2)28-14-20(29-22(25(28)32)23(30)24(31)27-26(29)33-3)21-18-10-6-4-8-16(18)12-13-17-9-5-7-11-19(17)21/h4-11,15,20-21,30H,12-14H2,1-3H3/t20-/m1/s1. The van der Waals surface area contributed by atoms with Crippen molar-refractivity contribution >= 4 is 5.91 Å². The normalized spacial score (nSPS) is 17.9. The van der Waals surface area contributed by atoms with Crippen LogP contribution in [0.4, 0.5) is 0 Å².